The maximum Gasteiger partial charge on any atom is 0.265 e. The van der Waals surface area contributed by atoms with Crippen molar-refractivity contribution in [1.29, 1.82) is 0 Å². The number of fused-ring (bicyclic) bond motifs is 1. The van der Waals surface area contributed by atoms with E-state index in [9.17, 15) is 9.18 Å². The van der Waals surface area contributed by atoms with Crippen molar-refractivity contribution >= 4 is 34.7 Å². The fourth-order valence-corrected chi connectivity index (χ4v) is 2.61. The number of carbonyl (C=O) groups excluding carboxylic acids is 1. The molecule has 23 heavy (non-hydrogen) atoms. The summed E-state index contributed by atoms with van der Waals surface area (Å²) in [5.74, 6) is 0.102. The van der Waals surface area contributed by atoms with Gasteiger partial charge in [0.25, 0.3) is 5.91 Å². The molecule has 2 aliphatic rings. The van der Waals surface area contributed by atoms with Crippen molar-refractivity contribution in [2.24, 2.45) is 5.92 Å². The van der Waals surface area contributed by atoms with Crippen LogP contribution < -0.4 is 15.4 Å². The summed E-state index contributed by atoms with van der Waals surface area (Å²) in [6.07, 6.45) is 2.60. The number of hydrogen-bond acceptors (Lipinski definition) is 5. The van der Waals surface area contributed by atoms with Gasteiger partial charge in [0.2, 0.25) is 5.28 Å². The van der Waals surface area contributed by atoms with Crippen LogP contribution in [0.2, 0.25) is 5.28 Å². The molecule has 1 aliphatic heterocycles. The summed E-state index contributed by atoms with van der Waals surface area (Å²) in [6.45, 7) is 0. The minimum Gasteiger partial charge on any atom is -0.478 e. The second kappa shape index (κ2) is 5.34. The van der Waals surface area contributed by atoms with E-state index in [0.717, 1.165) is 19.0 Å². The van der Waals surface area contributed by atoms with Gasteiger partial charge in [0.05, 0.1) is 11.9 Å². The fourth-order valence-electron chi connectivity index (χ4n) is 2.48. The van der Waals surface area contributed by atoms with Crippen molar-refractivity contribution in [3.05, 3.63) is 35.5 Å². The number of halogens is 2. The van der Waals surface area contributed by atoms with Gasteiger partial charge >= 0.3 is 0 Å². The predicted molar refractivity (Wildman–Crippen MR) is 82.5 cm³/mol. The van der Waals surface area contributed by atoms with Crippen LogP contribution in [0.1, 0.15) is 12.8 Å². The quantitative estimate of drug-likeness (QED) is 0.843. The van der Waals surface area contributed by atoms with Gasteiger partial charge < -0.3 is 15.4 Å². The molecule has 0 bridgehead atoms. The zero-order valence-electron chi connectivity index (χ0n) is 11.8. The van der Waals surface area contributed by atoms with E-state index in [0.29, 0.717) is 23.0 Å². The first-order valence-electron chi connectivity index (χ1n) is 7.17. The monoisotopic (exact) mass is 334 g/mol. The number of hydrogen-bond donors (Lipinski definition) is 2. The normalized spacial score (nSPS) is 19.6. The van der Waals surface area contributed by atoms with E-state index in [2.05, 4.69) is 20.6 Å². The van der Waals surface area contributed by atoms with E-state index in [1.54, 1.807) is 18.2 Å². The Morgan fingerprint density at radius 1 is 1.39 bits per heavy atom. The zero-order chi connectivity index (χ0) is 16.0. The van der Waals surface area contributed by atoms with Gasteiger partial charge in [-0.05, 0) is 42.6 Å². The summed E-state index contributed by atoms with van der Waals surface area (Å²) in [7, 11) is 0. The molecule has 1 amide bonds. The van der Waals surface area contributed by atoms with Crippen LogP contribution in [0.25, 0.3) is 0 Å². The third kappa shape index (κ3) is 2.79. The molecular formula is C15H12ClFN4O2. The van der Waals surface area contributed by atoms with Crippen LogP contribution in [0.5, 0.6) is 5.75 Å². The van der Waals surface area contributed by atoms with E-state index in [1.807, 2.05) is 0 Å². The Morgan fingerprint density at radius 2 is 2.22 bits per heavy atom. The Labute approximate surface area is 136 Å². The molecule has 1 saturated carbocycles. The standard InChI is InChI=1S/C15H12ClFN4O2/c16-15-18-6-9(17)13(21-15)19-8-3-4-11-10(5-8)20-14(22)12(23-11)7-1-2-7/h3-7,12H,1-2H2,(H,20,22)(H,18,19,21). The summed E-state index contributed by atoms with van der Waals surface area (Å²) in [5, 5.41) is 5.57. The Hall–Kier alpha value is -2.41. The molecule has 0 spiro atoms. The second-order valence-electron chi connectivity index (χ2n) is 5.54. The number of rotatable bonds is 3. The molecule has 2 N–H and O–H groups in total. The first-order chi connectivity index (χ1) is 11.1. The zero-order valence-corrected chi connectivity index (χ0v) is 12.6. The van der Waals surface area contributed by atoms with Crippen molar-refractivity contribution in [2.75, 3.05) is 10.6 Å². The first-order valence-corrected chi connectivity index (χ1v) is 7.54. The maximum atomic E-state index is 13.7. The lowest BCUT2D eigenvalue weighted by Gasteiger charge is -2.26. The molecule has 2 aromatic rings. The highest BCUT2D eigenvalue weighted by Crippen LogP contribution is 2.40. The Bertz CT molecular complexity index is 797. The highest BCUT2D eigenvalue weighted by atomic mass is 35.5. The second-order valence-corrected chi connectivity index (χ2v) is 5.87. The topological polar surface area (TPSA) is 76.1 Å². The number of benzene rings is 1. The van der Waals surface area contributed by atoms with Crippen molar-refractivity contribution in [2.45, 2.75) is 18.9 Å². The molecule has 1 unspecified atom stereocenters. The summed E-state index contributed by atoms with van der Waals surface area (Å²) in [4.78, 5) is 19.4. The molecule has 1 atom stereocenters. The van der Waals surface area contributed by atoms with E-state index in [1.165, 1.54) is 0 Å². The van der Waals surface area contributed by atoms with Crippen LogP contribution in [0.15, 0.2) is 24.4 Å². The van der Waals surface area contributed by atoms with Gasteiger partial charge in [-0.15, -0.1) is 0 Å². The average Bonchev–Trinajstić information content (AvgIpc) is 3.35. The molecule has 0 saturated heterocycles. The minimum absolute atomic E-state index is 0.0381. The SMILES string of the molecule is O=C1Nc2cc(Nc3nc(Cl)ncc3F)ccc2OC1C1CC1. The Morgan fingerprint density at radius 3 is 3.00 bits per heavy atom. The predicted octanol–water partition coefficient (Wildman–Crippen LogP) is 3.12. The lowest BCUT2D eigenvalue weighted by molar-refractivity contribution is -0.124. The number of aromatic nitrogens is 2. The largest absolute Gasteiger partial charge is 0.478 e. The molecule has 4 rings (SSSR count). The number of carbonyl (C=O) groups is 1. The van der Waals surface area contributed by atoms with Crippen molar-refractivity contribution in [1.82, 2.24) is 9.97 Å². The number of anilines is 3. The molecule has 1 fully saturated rings. The minimum atomic E-state index is -0.624. The number of amides is 1. The van der Waals surface area contributed by atoms with Crippen molar-refractivity contribution in [3.63, 3.8) is 0 Å². The van der Waals surface area contributed by atoms with Crippen LogP contribution in [0.3, 0.4) is 0 Å². The van der Waals surface area contributed by atoms with Gasteiger partial charge in [0.15, 0.2) is 17.7 Å². The summed E-state index contributed by atoms with van der Waals surface area (Å²) in [5.41, 5.74) is 1.09. The van der Waals surface area contributed by atoms with Crippen LogP contribution in [0.4, 0.5) is 21.6 Å². The summed E-state index contributed by atoms with van der Waals surface area (Å²) < 4.78 is 19.4. The molecule has 0 radical (unpaired) electrons. The van der Waals surface area contributed by atoms with Crippen molar-refractivity contribution < 1.29 is 13.9 Å². The molecule has 2 heterocycles. The fraction of sp³-hybridized carbons (Fsp3) is 0.267. The van der Waals surface area contributed by atoms with Gasteiger partial charge in [-0.2, -0.15) is 4.98 Å². The third-order valence-corrected chi connectivity index (χ3v) is 3.96. The molecule has 6 nitrogen and oxygen atoms in total. The summed E-state index contributed by atoms with van der Waals surface area (Å²) in [6, 6.07) is 5.11. The lowest BCUT2D eigenvalue weighted by atomic mass is 10.1. The Kier molecular flexibility index (Phi) is 3.30. The number of ether oxygens (including phenoxy) is 1. The molecule has 118 valence electrons. The smallest absolute Gasteiger partial charge is 0.265 e. The molecule has 1 aromatic heterocycles. The highest BCUT2D eigenvalue weighted by molar-refractivity contribution is 6.28. The van der Waals surface area contributed by atoms with E-state index < -0.39 is 11.9 Å². The van der Waals surface area contributed by atoms with Gasteiger partial charge in [-0.25, -0.2) is 9.37 Å². The number of nitrogens with one attached hydrogen (secondary N) is 2. The molecular weight excluding hydrogens is 323 g/mol. The van der Waals surface area contributed by atoms with Gasteiger partial charge in [-0.3, -0.25) is 4.79 Å². The van der Waals surface area contributed by atoms with Crippen LogP contribution in [0, 0.1) is 11.7 Å². The molecule has 1 aliphatic carbocycles. The average molecular weight is 335 g/mol. The molecule has 8 heteroatoms. The van der Waals surface area contributed by atoms with Crippen molar-refractivity contribution in [3.8, 4) is 5.75 Å². The van der Waals surface area contributed by atoms with Crippen LogP contribution in [-0.4, -0.2) is 22.0 Å². The van der Waals surface area contributed by atoms with Gasteiger partial charge in [-0.1, -0.05) is 0 Å². The van der Waals surface area contributed by atoms with E-state index in [-0.39, 0.29) is 17.0 Å². The molecule has 1 aromatic carbocycles. The lowest BCUT2D eigenvalue weighted by Crippen LogP contribution is -2.38. The van der Waals surface area contributed by atoms with Gasteiger partial charge in [0.1, 0.15) is 5.75 Å². The van der Waals surface area contributed by atoms with Gasteiger partial charge in [0, 0.05) is 11.6 Å². The van der Waals surface area contributed by atoms with Crippen LogP contribution in [-0.2, 0) is 4.79 Å². The Balaban J connectivity index is 1.59. The first kappa shape index (κ1) is 14.2. The third-order valence-electron chi connectivity index (χ3n) is 3.78. The van der Waals surface area contributed by atoms with E-state index in [4.69, 9.17) is 16.3 Å². The van der Waals surface area contributed by atoms with E-state index >= 15 is 0 Å². The number of nitrogens with zero attached hydrogens (tertiary/aromatic N) is 2. The summed E-state index contributed by atoms with van der Waals surface area (Å²) >= 11 is 5.66. The highest BCUT2D eigenvalue weighted by Gasteiger charge is 2.40. The maximum absolute atomic E-state index is 13.7. The van der Waals surface area contributed by atoms with Crippen LogP contribution >= 0.6 is 11.6 Å².